The lowest BCUT2D eigenvalue weighted by molar-refractivity contribution is -0.127. The molecule has 3 atom stereocenters. The Morgan fingerprint density at radius 1 is 1.15 bits per heavy atom. The van der Waals surface area contributed by atoms with E-state index in [0.717, 1.165) is 19.1 Å². The average Bonchev–Trinajstić information content (AvgIpc) is 2.65. The van der Waals surface area contributed by atoms with Crippen LogP contribution in [-0.2, 0) is 20.8 Å². The molecule has 33 heavy (non-hydrogen) atoms. The number of rotatable bonds is 2. The molecule has 5 N–H and O–H groups in total. The number of phenolic OH excluding ortho intramolecular Hbond substituents is 1. The number of allylic oxidation sites excluding steroid dienone is 4. The molecule has 3 unspecified atom stereocenters. The first-order valence-electron chi connectivity index (χ1n) is 9.90. The molecule has 0 saturated heterocycles. The number of aromatic hydroxyl groups is 1. The van der Waals surface area contributed by atoms with Gasteiger partial charge in [-0.15, -0.1) is 0 Å². The molecule has 7 nitrogen and oxygen atoms in total. The van der Waals surface area contributed by atoms with E-state index in [1.807, 2.05) is 0 Å². The van der Waals surface area contributed by atoms with Crippen molar-refractivity contribution in [2.24, 2.45) is 17.8 Å². The number of alkyl halides is 3. The highest BCUT2D eigenvalue weighted by Gasteiger charge is 2.51. The number of phenols is 1. The minimum atomic E-state index is -4.74. The molecule has 0 heterocycles. The van der Waals surface area contributed by atoms with Crippen molar-refractivity contribution in [2.45, 2.75) is 32.4 Å². The zero-order valence-corrected chi connectivity index (χ0v) is 17.4. The molecule has 0 aromatic heterocycles. The normalized spacial score (nSPS) is 24.5. The van der Waals surface area contributed by atoms with Crippen LogP contribution in [0.25, 0.3) is 11.3 Å². The third kappa shape index (κ3) is 3.54. The lowest BCUT2D eigenvalue weighted by Crippen LogP contribution is -2.43. The summed E-state index contributed by atoms with van der Waals surface area (Å²) >= 11 is 0. The van der Waals surface area contributed by atoms with Crippen LogP contribution in [-0.4, -0.2) is 44.3 Å². The molecular weight excluding hydrogens is 445 g/mol. The average molecular weight is 470 g/mol. The first-order chi connectivity index (χ1) is 14.8. The van der Waals surface area contributed by atoms with Gasteiger partial charge in [0.05, 0.1) is 22.6 Å². The van der Waals surface area contributed by atoms with Gasteiger partial charge < -0.3 is 20.8 Å². The van der Waals surface area contributed by atoms with Crippen LogP contribution in [0.2, 0.25) is 0 Å². The van der Waals surface area contributed by atoms with Gasteiger partial charge in [-0.25, -0.2) is 0 Å². The summed E-state index contributed by atoms with van der Waals surface area (Å²) in [4.78, 5) is 37.4. The maximum atomic E-state index is 13.3. The Labute approximate surface area is 188 Å². The number of hydrogen-bond acceptors (Lipinski definition) is 6. The van der Waals surface area contributed by atoms with Crippen LogP contribution >= 0.6 is 0 Å². The van der Waals surface area contributed by atoms with E-state index < -0.39 is 69.7 Å². The Balaban J connectivity index is 0.00000204. The van der Waals surface area contributed by atoms with Crippen LogP contribution in [0.15, 0.2) is 35.6 Å². The zero-order chi connectivity index (χ0) is 23.7. The molecule has 3 aliphatic rings. The van der Waals surface area contributed by atoms with Gasteiger partial charge in [0.1, 0.15) is 17.3 Å². The highest BCUT2D eigenvalue weighted by molar-refractivity contribution is 6.22. The Kier molecular flexibility index (Phi) is 5.79. The minimum Gasteiger partial charge on any atom is -0.511 e. The monoisotopic (exact) mass is 470 g/mol. The smallest absolute Gasteiger partial charge is 0.416 e. The topological polar surface area (TPSA) is 143 Å². The molecule has 0 amide bonds. The van der Waals surface area contributed by atoms with Crippen LogP contribution < -0.4 is 0 Å². The van der Waals surface area contributed by atoms with Gasteiger partial charge >= 0.3 is 6.18 Å². The number of aliphatic hydroxyl groups is 2. The summed E-state index contributed by atoms with van der Waals surface area (Å²) in [7, 11) is 0. The van der Waals surface area contributed by atoms with Crippen molar-refractivity contribution in [1.29, 1.82) is 0 Å². The number of hydrogen-bond donors (Lipinski definition) is 3. The summed E-state index contributed by atoms with van der Waals surface area (Å²) < 4.78 is 40.0. The van der Waals surface area contributed by atoms with Gasteiger partial charge in [-0.3, -0.25) is 14.4 Å². The number of fused-ring (bicyclic) bond motifs is 3. The van der Waals surface area contributed by atoms with Crippen molar-refractivity contribution in [3.63, 3.8) is 0 Å². The van der Waals surface area contributed by atoms with E-state index in [2.05, 4.69) is 6.58 Å². The van der Waals surface area contributed by atoms with Crippen LogP contribution in [0.3, 0.4) is 0 Å². The Bertz CT molecular complexity index is 1180. The highest BCUT2D eigenvalue weighted by Crippen LogP contribution is 2.51. The lowest BCUT2D eigenvalue weighted by Gasteiger charge is -2.41. The molecule has 0 aliphatic heterocycles. The number of halogens is 3. The zero-order valence-electron chi connectivity index (χ0n) is 17.4. The van der Waals surface area contributed by atoms with Crippen molar-refractivity contribution < 1.29 is 51.2 Å². The van der Waals surface area contributed by atoms with E-state index in [1.165, 1.54) is 0 Å². The number of aliphatic hydroxyl groups excluding tert-OH is 2. The second kappa shape index (κ2) is 7.87. The van der Waals surface area contributed by atoms with Gasteiger partial charge in [0.2, 0.25) is 0 Å². The Hall–Kier alpha value is -3.40. The number of carbonyl (C=O) groups is 3. The Morgan fingerprint density at radius 3 is 2.36 bits per heavy atom. The summed E-state index contributed by atoms with van der Waals surface area (Å²) in [6.45, 7) is 4.20. The number of benzene rings is 1. The van der Waals surface area contributed by atoms with Crippen molar-refractivity contribution in [2.75, 3.05) is 0 Å². The van der Waals surface area contributed by atoms with E-state index in [9.17, 15) is 42.9 Å². The summed E-state index contributed by atoms with van der Waals surface area (Å²) in [6.07, 6.45) is -4.88. The summed E-state index contributed by atoms with van der Waals surface area (Å²) in [5.41, 5.74) is -2.30. The molecule has 1 saturated carbocycles. The molecule has 3 aliphatic carbocycles. The molecule has 0 spiro atoms. The second-order valence-corrected chi connectivity index (χ2v) is 8.41. The molecule has 0 radical (unpaired) electrons. The van der Waals surface area contributed by atoms with Gasteiger partial charge in [0.15, 0.2) is 17.3 Å². The molecule has 1 aromatic carbocycles. The third-order valence-corrected chi connectivity index (χ3v) is 6.54. The quantitative estimate of drug-likeness (QED) is 0.563. The number of carbonyl (C=O) groups excluding carboxylic acids is 3. The van der Waals surface area contributed by atoms with Gasteiger partial charge in [-0.2, -0.15) is 13.2 Å². The number of Topliss-reactive ketones (excluding diaryl/α,β-unsaturated/α-hetero) is 3. The summed E-state index contributed by atoms with van der Waals surface area (Å²) in [6, 6.07) is 2.05. The van der Waals surface area contributed by atoms with Crippen molar-refractivity contribution in [3.8, 4) is 5.75 Å². The van der Waals surface area contributed by atoms with Gasteiger partial charge in [0.25, 0.3) is 0 Å². The third-order valence-electron chi connectivity index (χ3n) is 6.54. The molecule has 10 heteroatoms. The first kappa shape index (κ1) is 24.2. The van der Waals surface area contributed by atoms with Gasteiger partial charge in [-0.1, -0.05) is 12.6 Å². The first-order valence-corrected chi connectivity index (χ1v) is 9.90. The van der Waals surface area contributed by atoms with Crippen LogP contribution in [0.5, 0.6) is 5.75 Å². The summed E-state index contributed by atoms with van der Waals surface area (Å²) in [5.74, 6) is -6.39. The van der Waals surface area contributed by atoms with E-state index in [4.69, 9.17) is 0 Å². The summed E-state index contributed by atoms with van der Waals surface area (Å²) in [5, 5.41) is 31.7. The standard InChI is InChI=1S/C23H19F3O6.H2O.2H2/c1-8(23(24,25)26)12-3-4-14(28)19-13(12)6-10-5-11-7-15(29)16(9(2)27)20(30)18(11)21(31)17(10)22(19)32;;;/h3-4,10-11,18,28,30,32H,1,5-7H2,2H3;1H2;2*1H. The fraction of sp³-hybridized carbons (Fsp3) is 0.348. The predicted molar refractivity (Wildman–Crippen MR) is 114 cm³/mol. The fourth-order valence-corrected chi connectivity index (χ4v) is 5.19. The SMILES string of the molecule is C=C(c1ccc(O)c2c1CC1CC3CC(=O)C(C(C)=O)=C(O)C3C(=O)C1=C2O)C(F)(F)F.O.[HH].[HH]. The largest absolute Gasteiger partial charge is 0.511 e. The lowest BCUT2D eigenvalue weighted by atomic mass is 9.61. The van der Waals surface area contributed by atoms with E-state index in [-0.39, 0.29) is 49.9 Å². The van der Waals surface area contributed by atoms with E-state index in [1.54, 1.807) is 0 Å². The number of ketones is 3. The molecule has 1 fully saturated rings. The molecule has 4 rings (SSSR count). The van der Waals surface area contributed by atoms with Crippen molar-refractivity contribution in [3.05, 3.63) is 52.3 Å². The molecule has 180 valence electrons. The fourth-order valence-electron chi connectivity index (χ4n) is 5.19. The highest BCUT2D eigenvalue weighted by atomic mass is 19.4. The van der Waals surface area contributed by atoms with Crippen LogP contribution in [0, 0.1) is 17.8 Å². The van der Waals surface area contributed by atoms with E-state index >= 15 is 0 Å². The maximum absolute atomic E-state index is 13.3. The Morgan fingerprint density at radius 2 is 1.79 bits per heavy atom. The molecule has 1 aromatic rings. The molecular formula is C23H25F3O7. The van der Waals surface area contributed by atoms with Crippen LogP contribution in [0.1, 0.15) is 39.3 Å². The van der Waals surface area contributed by atoms with E-state index in [0.29, 0.717) is 0 Å². The van der Waals surface area contributed by atoms with Crippen molar-refractivity contribution in [1.82, 2.24) is 0 Å². The minimum absolute atomic E-state index is 0. The van der Waals surface area contributed by atoms with Gasteiger partial charge in [0, 0.05) is 14.8 Å². The maximum Gasteiger partial charge on any atom is 0.416 e. The molecule has 0 bridgehead atoms. The van der Waals surface area contributed by atoms with Gasteiger partial charge in [-0.05, 0) is 48.8 Å². The van der Waals surface area contributed by atoms with Crippen LogP contribution in [0.4, 0.5) is 13.2 Å². The van der Waals surface area contributed by atoms with Crippen molar-refractivity contribution >= 4 is 28.7 Å². The second-order valence-electron chi connectivity index (χ2n) is 8.41. The predicted octanol–water partition coefficient (Wildman–Crippen LogP) is 3.66.